The van der Waals surface area contributed by atoms with Gasteiger partial charge < -0.3 is 19.9 Å². The van der Waals surface area contributed by atoms with Gasteiger partial charge in [-0.15, -0.1) is 0 Å². The number of aromatic nitrogens is 4. The summed E-state index contributed by atoms with van der Waals surface area (Å²) in [5.74, 6) is 2.74. The normalized spacial score (nSPS) is 14.5. The molecule has 0 aliphatic carbocycles. The van der Waals surface area contributed by atoms with Gasteiger partial charge in [0.25, 0.3) is 0 Å². The van der Waals surface area contributed by atoms with Crippen LogP contribution < -0.4 is 10.2 Å². The average Bonchev–Trinajstić information content (AvgIpc) is 2.97. The summed E-state index contributed by atoms with van der Waals surface area (Å²) in [6.45, 7) is 3.31. The lowest BCUT2D eigenvalue weighted by atomic mass is 10.1. The second kappa shape index (κ2) is 12.1. The molecule has 1 atom stereocenters. The predicted octanol–water partition coefficient (Wildman–Crippen LogP) is 4.57. The predicted molar refractivity (Wildman–Crippen MR) is 147 cm³/mol. The standard InChI is InChI=1S/C29H31N7O/c1-35(26-12-15-30-28(33-26)24-10-6-3-7-11-24)27-13-16-31-29(34-27)32-25(22-23-8-4-2-5-9-23)14-17-36-18-20-37-21-19-36/h2-17,25H,18-22H2,1H3,(H,31,32,34)/b17-14+/t25-/m0/s1. The highest BCUT2D eigenvalue weighted by molar-refractivity contribution is 5.61. The van der Waals surface area contributed by atoms with E-state index in [0.29, 0.717) is 11.8 Å². The van der Waals surface area contributed by atoms with E-state index in [1.807, 2.05) is 60.5 Å². The van der Waals surface area contributed by atoms with Crippen LogP contribution in [0.2, 0.25) is 0 Å². The number of ether oxygens (including phenoxy) is 1. The zero-order valence-electron chi connectivity index (χ0n) is 20.9. The third kappa shape index (κ3) is 6.68. The first-order valence-corrected chi connectivity index (χ1v) is 12.5. The van der Waals surface area contributed by atoms with Crippen LogP contribution in [0.4, 0.5) is 17.6 Å². The van der Waals surface area contributed by atoms with Crippen molar-refractivity contribution in [1.82, 2.24) is 24.8 Å². The molecule has 8 nitrogen and oxygen atoms in total. The largest absolute Gasteiger partial charge is 0.378 e. The number of morpholine rings is 1. The van der Waals surface area contributed by atoms with Crippen LogP contribution in [0, 0.1) is 0 Å². The molecule has 1 saturated heterocycles. The van der Waals surface area contributed by atoms with Crippen molar-refractivity contribution in [3.05, 3.63) is 103 Å². The second-order valence-electron chi connectivity index (χ2n) is 8.83. The van der Waals surface area contributed by atoms with Gasteiger partial charge in [0.2, 0.25) is 5.95 Å². The van der Waals surface area contributed by atoms with E-state index in [9.17, 15) is 0 Å². The van der Waals surface area contributed by atoms with E-state index >= 15 is 0 Å². The smallest absolute Gasteiger partial charge is 0.225 e. The molecule has 0 saturated carbocycles. The third-order valence-electron chi connectivity index (χ3n) is 6.19. The van der Waals surface area contributed by atoms with Gasteiger partial charge in [-0.05, 0) is 36.4 Å². The van der Waals surface area contributed by atoms with Gasteiger partial charge in [-0.2, -0.15) is 4.98 Å². The monoisotopic (exact) mass is 493 g/mol. The molecular formula is C29H31N7O. The molecule has 1 N–H and O–H groups in total. The summed E-state index contributed by atoms with van der Waals surface area (Å²) >= 11 is 0. The van der Waals surface area contributed by atoms with Gasteiger partial charge in [-0.25, -0.2) is 15.0 Å². The van der Waals surface area contributed by atoms with Crippen LogP contribution in [-0.2, 0) is 11.2 Å². The van der Waals surface area contributed by atoms with E-state index in [-0.39, 0.29) is 6.04 Å². The van der Waals surface area contributed by atoms with Gasteiger partial charge >= 0.3 is 0 Å². The fourth-order valence-electron chi connectivity index (χ4n) is 4.14. The fourth-order valence-corrected chi connectivity index (χ4v) is 4.14. The minimum absolute atomic E-state index is 0.0227. The van der Waals surface area contributed by atoms with E-state index in [4.69, 9.17) is 14.7 Å². The van der Waals surface area contributed by atoms with Crippen molar-refractivity contribution in [1.29, 1.82) is 0 Å². The van der Waals surface area contributed by atoms with Gasteiger partial charge in [0.15, 0.2) is 5.82 Å². The molecule has 0 spiro atoms. The van der Waals surface area contributed by atoms with Gasteiger partial charge in [-0.1, -0.05) is 60.7 Å². The molecule has 2 aromatic heterocycles. The van der Waals surface area contributed by atoms with Crippen LogP contribution in [0.15, 0.2) is 97.5 Å². The van der Waals surface area contributed by atoms with Crippen molar-refractivity contribution in [2.24, 2.45) is 0 Å². The van der Waals surface area contributed by atoms with Crippen molar-refractivity contribution in [2.45, 2.75) is 12.5 Å². The minimum atomic E-state index is 0.0227. The minimum Gasteiger partial charge on any atom is -0.378 e. The Bertz CT molecular complexity index is 1290. The molecule has 8 heteroatoms. The van der Waals surface area contributed by atoms with Crippen molar-refractivity contribution in [3.63, 3.8) is 0 Å². The van der Waals surface area contributed by atoms with E-state index < -0.39 is 0 Å². The van der Waals surface area contributed by atoms with Crippen LogP contribution in [0.3, 0.4) is 0 Å². The molecule has 4 aromatic rings. The topological polar surface area (TPSA) is 79.3 Å². The van der Waals surface area contributed by atoms with Crippen LogP contribution in [0.1, 0.15) is 5.56 Å². The summed E-state index contributed by atoms with van der Waals surface area (Å²) in [5, 5.41) is 3.52. The highest BCUT2D eigenvalue weighted by Crippen LogP contribution is 2.23. The molecular weight excluding hydrogens is 462 g/mol. The molecule has 3 heterocycles. The number of nitrogens with zero attached hydrogens (tertiary/aromatic N) is 6. The quantitative estimate of drug-likeness (QED) is 0.363. The first-order valence-electron chi connectivity index (χ1n) is 12.5. The first kappa shape index (κ1) is 24.4. The molecule has 2 aromatic carbocycles. The van der Waals surface area contributed by atoms with Crippen LogP contribution in [-0.4, -0.2) is 64.2 Å². The van der Waals surface area contributed by atoms with Crippen molar-refractivity contribution in [2.75, 3.05) is 43.6 Å². The van der Waals surface area contributed by atoms with E-state index in [2.05, 4.69) is 56.7 Å². The second-order valence-corrected chi connectivity index (χ2v) is 8.83. The lowest BCUT2D eigenvalue weighted by Crippen LogP contribution is -2.33. The SMILES string of the molecule is CN(c1ccnc(N[C@@H](/C=C/N2CCOCC2)Cc2ccccc2)n1)c1ccnc(-c2ccccc2)n1. The van der Waals surface area contributed by atoms with Gasteiger partial charge in [0.05, 0.1) is 19.3 Å². The summed E-state index contributed by atoms with van der Waals surface area (Å²) in [6, 6.07) is 24.2. The Morgan fingerprint density at radius 3 is 2.32 bits per heavy atom. The Kier molecular flexibility index (Phi) is 7.98. The molecule has 0 radical (unpaired) electrons. The zero-order chi connectivity index (χ0) is 25.3. The van der Waals surface area contributed by atoms with Crippen molar-refractivity contribution >= 4 is 17.6 Å². The molecule has 1 aliphatic heterocycles. The average molecular weight is 494 g/mol. The summed E-state index contributed by atoms with van der Waals surface area (Å²) < 4.78 is 5.48. The Morgan fingerprint density at radius 2 is 1.57 bits per heavy atom. The molecule has 188 valence electrons. The van der Waals surface area contributed by atoms with E-state index in [1.54, 1.807) is 12.4 Å². The number of anilines is 3. The number of rotatable bonds is 9. The maximum absolute atomic E-state index is 5.48. The van der Waals surface area contributed by atoms with Crippen molar-refractivity contribution in [3.8, 4) is 11.4 Å². The van der Waals surface area contributed by atoms with Gasteiger partial charge in [0.1, 0.15) is 11.6 Å². The Labute approximate surface area is 217 Å². The first-order chi connectivity index (χ1) is 18.2. The Hall–Kier alpha value is -4.30. The summed E-state index contributed by atoms with van der Waals surface area (Å²) in [5.41, 5.74) is 2.22. The highest BCUT2D eigenvalue weighted by Gasteiger charge is 2.14. The summed E-state index contributed by atoms with van der Waals surface area (Å²) in [6.07, 6.45) is 8.71. The van der Waals surface area contributed by atoms with Crippen molar-refractivity contribution < 1.29 is 4.74 Å². The van der Waals surface area contributed by atoms with Crippen LogP contribution in [0.25, 0.3) is 11.4 Å². The van der Waals surface area contributed by atoms with Gasteiger partial charge in [-0.3, -0.25) is 0 Å². The van der Waals surface area contributed by atoms with Gasteiger partial charge in [0, 0.05) is 38.1 Å². The molecule has 1 aliphatic rings. The van der Waals surface area contributed by atoms with E-state index in [0.717, 1.165) is 49.9 Å². The van der Waals surface area contributed by atoms with Crippen LogP contribution in [0.5, 0.6) is 0 Å². The Morgan fingerprint density at radius 1 is 0.892 bits per heavy atom. The maximum Gasteiger partial charge on any atom is 0.225 e. The molecule has 0 bridgehead atoms. The third-order valence-corrected chi connectivity index (χ3v) is 6.19. The molecule has 0 amide bonds. The lowest BCUT2D eigenvalue weighted by Gasteiger charge is -2.26. The van der Waals surface area contributed by atoms with E-state index in [1.165, 1.54) is 5.56 Å². The van der Waals surface area contributed by atoms with Crippen LogP contribution >= 0.6 is 0 Å². The molecule has 0 unspecified atom stereocenters. The maximum atomic E-state index is 5.48. The number of hydrogen-bond donors (Lipinski definition) is 1. The highest BCUT2D eigenvalue weighted by atomic mass is 16.5. The molecule has 5 rings (SSSR count). The molecule has 1 fully saturated rings. The molecule has 37 heavy (non-hydrogen) atoms. The number of benzene rings is 2. The zero-order valence-corrected chi connectivity index (χ0v) is 20.9. The Balaban J connectivity index is 1.34. The summed E-state index contributed by atoms with van der Waals surface area (Å²) in [7, 11) is 1.95. The number of hydrogen-bond acceptors (Lipinski definition) is 8. The lowest BCUT2D eigenvalue weighted by molar-refractivity contribution is 0.0592. The summed E-state index contributed by atoms with van der Waals surface area (Å²) in [4.78, 5) is 22.7. The number of nitrogens with one attached hydrogen (secondary N) is 1. The fraction of sp³-hybridized carbons (Fsp3) is 0.241.